The van der Waals surface area contributed by atoms with E-state index in [1.807, 2.05) is 61.2 Å². The summed E-state index contributed by atoms with van der Waals surface area (Å²) in [7, 11) is 0. The maximum Gasteiger partial charge on any atom is 0.346 e. The van der Waals surface area contributed by atoms with Crippen molar-refractivity contribution in [1.29, 1.82) is 0 Å². The third-order valence-electron chi connectivity index (χ3n) is 5.23. The molecular formula is C23H28N2O4. The van der Waals surface area contributed by atoms with Crippen molar-refractivity contribution in [3.63, 3.8) is 0 Å². The number of carbonyl (C=O) groups excluding carboxylic acids is 1. The summed E-state index contributed by atoms with van der Waals surface area (Å²) < 4.78 is 5.66. The summed E-state index contributed by atoms with van der Waals surface area (Å²) in [5.41, 5.74) is 2.19. The Morgan fingerprint density at radius 3 is 2.41 bits per heavy atom. The molecule has 0 bridgehead atoms. The number of piperazine rings is 1. The highest BCUT2D eigenvalue weighted by atomic mass is 16.5. The smallest absolute Gasteiger partial charge is 0.346 e. The second-order valence-corrected chi connectivity index (χ2v) is 7.62. The molecule has 2 aromatic rings. The van der Waals surface area contributed by atoms with Crippen LogP contribution in [0.5, 0.6) is 5.75 Å². The minimum Gasteiger partial charge on any atom is -0.478 e. The average Bonchev–Trinajstić information content (AvgIpc) is 2.70. The number of ether oxygens (including phenoxy) is 1. The van der Waals surface area contributed by atoms with Gasteiger partial charge < -0.3 is 14.7 Å². The van der Waals surface area contributed by atoms with Crippen LogP contribution in [0, 0.1) is 6.92 Å². The molecule has 1 saturated heterocycles. The van der Waals surface area contributed by atoms with Gasteiger partial charge in [0.1, 0.15) is 5.75 Å². The Labute approximate surface area is 171 Å². The molecule has 2 aromatic carbocycles. The van der Waals surface area contributed by atoms with Crippen molar-refractivity contribution in [3.8, 4) is 5.75 Å². The van der Waals surface area contributed by atoms with Crippen LogP contribution in [0.25, 0.3) is 0 Å². The largest absolute Gasteiger partial charge is 0.478 e. The molecule has 0 aromatic heterocycles. The van der Waals surface area contributed by atoms with Crippen LogP contribution in [0.2, 0.25) is 0 Å². The fourth-order valence-electron chi connectivity index (χ4n) is 3.62. The number of carbonyl (C=O) groups is 2. The Hall–Kier alpha value is -2.86. The molecule has 0 spiro atoms. The molecule has 29 heavy (non-hydrogen) atoms. The van der Waals surface area contributed by atoms with Crippen molar-refractivity contribution in [2.75, 3.05) is 26.2 Å². The molecule has 2 atom stereocenters. The number of carboxylic acids is 1. The van der Waals surface area contributed by atoms with E-state index >= 15 is 0 Å². The first-order valence-electron chi connectivity index (χ1n) is 9.94. The van der Waals surface area contributed by atoms with Crippen LogP contribution in [0.4, 0.5) is 0 Å². The molecule has 0 saturated carbocycles. The standard InChI is InChI=1S/C23H28N2O4/c1-17-8-10-19(11-9-17)14-22(26)25-13-12-24(15-18(25)2)16-21(23(27)28)29-20-6-4-3-5-7-20/h3-11,18,21H,12-16H2,1-2H3,(H,27,28)/t18-,21?/m0/s1. The first kappa shape index (κ1) is 20.9. The summed E-state index contributed by atoms with van der Waals surface area (Å²) >= 11 is 0. The number of hydrogen-bond acceptors (Lipinski definition) is 4. The molecule has 0 radical (unpaired) electrons. The van der Waals surface area contributed by atoms with E-state index in [4.69, 9.17) is 4.74 Å². The summed E-state index contributed by atoms with van der Waals surface area (Å²) in [4.78, 5) is 28.3. The third kappa shape index (κ3) is 5.81. The topological polar surface area (TPSA) is 70.1 Å². The van der Waals surface area contributed by atoms with Crippen LogP contribution in [-0.4, -0.2) is 65.1 Å². The van der Waals surface area contributed by atoms with Crippen LogP contribution in [0.15, 0.2) is 54.6 Å². The normalized spacial score (nSPS) is 18.3. The van der Waals surface area contributed by atoms with Gasteiger partial charge in [0, 0.05) is 32.2 Å². The van der Waals surface area contributed by atoms with Gasteiger partial charge in [0.2, 0.25) is 12.0 Å². The monoisotopic (exact) mass is 396 g/mol. The number of rotatable bonds is 7. The summed E-state index contributed by atoms with van der Waals surface area (Å²) in [6, 6.07) is 17.0. The van der Waals surface area contributed by atoms with E-state index in [1.165, 1.54) is 5.56 Å². The average molecular weight is 396 g/mol. The fourth-order valence-corrected chi connectivity index (χ4v) is 3.62. The van der Waals surface area contributed by atoms with Crippen LogP contribution < -0.4 is 4.74 Å². The summed E-state index contributed by atoms with van der Waals surface area (Å²) in [6.07, 6.45) is -0.557. The van der Waals surface area contributed by atoms with Gasteiger partial charge in [-0.25, -0.2) is 4.79 Å². The number of benzene rings is 2. The molecule has 1 fully saturated rings. The van der Waals surface area contributed by atoms with Gasteiger partial charge in [0.25, 0.3) is 0 Å². The van der Waals surface area contributed by atoms with Crippen LogP contribution >= 0.6 is 0 Å². The molecule has 1 aliphatic rings. The van der Waals surface area contributed by atoms with Gasteiger partial charge in [-0.3, -0.25) is 9.69 Å². The van der Waals surface area contributed by atoms with Gasteiger partial charge in [0.05, 0.1) is 6.42 Å². The highest BCUT2D eigenvalue weighted by Gasteiger charge is 2.31. The van der Waals surface area contributed by atoms with E-state index in [1.54, 1.807) is 12.1 Å². The molecule has 154 valence electrons. The lowest BCUT2D eigenvalue weighted by atomic mass is 10.1. The Morgan fingerprint density at radius 1 is 1.10 bits per heavy atom. The first-order chi connectivity index (χ1) is 13.9. The van der Waals surface area contributed by atoms with E-state index < -0.39 is 12.1 Å². The number of carboxylic acid groups (broad SMARTS) is 1. The van der Waals surface area contributed by atoms with Crippen molar-refractivity contribution < 1.29 is 19.4 Å². The predicted molar refractivity (Wildman–Crippen MR) is 111 cm³/mol. The Morgan fingerprint density at radius 2 is 1.79 bits per heavy atom. The van der Waals surface area contributed by atoms with Crippen molar-refractivity contribution in [2.24, 2.45) is 0 Å². The Bertz CT molecular complexity index is 823. The van der Waals surface area contributed by atoms with E-state index in [-0.39, 0.29) is 18.5 Å². The molecule has 1 heterocycles. The number of amides is 1. The molecule has 6 heteroatoms. The Kier molecular flexibility index (Phi) is 6.88. The van der Waals surface area contributed by atoms with E-state index in [9.17, 15) is 14.7 Å². The summed E-state index contributed by atoms with van der Waals surface area (Å²) in [5, 5.41) is 9.54. The zero-order valence-electron chi connectivity index (χ0n) is 17.0. The number of aryl methyl sites for hydroxylation is 1. The van der Waals surface area contributed by atoms with Gasteiger partial charge in [-0.05, 0) is 31.5 Å². The SMILES string of the molecule is Cc1ccc(CC(=O)N2CCN(CC(Oc3ccccc3)C(=O)O)C[C@@H]2C)cc1. The first-order valence-corrected chi connectivity index (χ1v) is 9.94. The van der Waals surface area contributed by atoms with Crippen molar-refractivity contribution in [3.05, 3.63) is 65.7 Å². The van der Waals surface area contributed by atoms with Crippen LogP contribution in [0.3, 0.4) is 0 Å². The van der Waals surface area contributed by atoms with E-state index in [2.05, 4.69) is 4.90 Å². The minimum atomic E-state index is -0.987. The molecule has 3 rings (SSSR count). The fraction of sp³-hybridized carbons (Fsp3) is 0.391. The van der Waals surface area contributed by atoms with Gasteiger partial charge in [-0.15, -0.1) is 0 Å². The maximum absolute atomic E-state index is 12.7. The van der Waals surface area contributed by atoms with Gasteiger partial charge >= 0.3 is 5.97 Å². The molecule has 1 unspecified atom stereocenters. The third-order valence-corrected chi connectivity index (χ3v) is 5.23. The number of nitrogens with zero attached hydrogens (tertiary/aromatic N) is 2. The quantitative estimate of drug-likeness (QED) is 0.779. The van der Waals surface area contributed by atoms with Crippen LogP contribution in [0.1, 0.15) is 18.1 Å². The lowest BCUT2D eigenvalue weighted by Crippen LogP contribution is -2.56. The number of hydrogen-bond donors (Lipinski definition) is 1. The second-order valence-electron chi connectivity index (χ2n) is 7.62. The van der Waals surface area contributed by atoms with Crippen molar-refractivity contribution in [2.45, 2.75) is 32.4 Å². The van der Waals surface area contributed by atoms with Crippen LogP contribution in [-0.2, 0) is 16.0 Å². The summed E-state index contributed by atoms with van der Waals surface area (Å²) in [6.45, 7) is 6.16. The summed E-state index contributed by atoms with van der Waals surface area (Å²) in [5.74, 6) is -0.337. The van der Waals surface area contributed by atoms with Gasteiger partial charge in [0.15, 0.2) is 0 Å². The Balaban J connectivity index is 1.54. The van der Waals surface area contributed by atoms with Crippen molar-refractivity contribution >= 4 is 11.9 Å². The van der Waals surface area contributed by atoms with Gasteiger partial charge in [-0.2, -0.15) is 0 Å². The zero-order chi connectivity index (χ0) is 20.8. The number of para-hydroxylation sites is 1. The van der Waals surface area contributed by atoms with Crippen molar-refractivity contribution in [1.82, 2.24) is 9.80 Å². The lowest BCUT2D eigenvalue weighted by molar-refractivity contribution is -0.147. The minimum absolute atomic E-state index is 0.0212. The predicted octanol–water partition coefficient (Wildman–Crippen LogP) is 2.60. The second kappa shape index (κ2) is 9.56. The molecule has 0 aliphatic carbocycles. The molecular weight excluding hydrogens is 368 g/mol. The molecule has 6 nitrogen and oxygen atoms in total. The molecule has 1 amide bonds. The maximum atomic E-state index is 12.7. The number of aliphatic carboxylic acids is 1. The molecule has 1 aliphatic heterocycles. The van der Waals surface area contributed by atoms with Gasteiger partial charge in [-0.1, -0.05) is 48.0 Å². The van der Waals surface area contributed by atoms with E-state index in [0.717, 1.165) is 5.56 Å². The lowest BCUT2D eigenvalue weighted by Gasteiger charge is -2.40. The highest BCUT2D eigenvalue weighted by molar-refractivity contribution is 5.79. The van der Waals surface area contributed by atoms with E-state index in [0.29, 0.717) is 31.8 Å². The zero-order valence-corrected chi connectivity index (χ0v) is 17.0. The highest BCUT2D eigenvalue weighted by Crippen LogP contribution is 2.16. The molecule has 1 N–H and O–H groups in total.